The first-order valence-corrected chi connectivity index (χ1v) is 12.2. The van der Waals surface area contributed by atoms with Crippen molar-refractivity contribution in [2.75, 3.05) is 41.3 Å². The van der Waals surface area contributed by atoms with E-state index in [1.807, 2.05) is 6.07 Å². The second-order valence-electron chi connectivity index (χ2n) is 9.43. The van der Waals surface area contributed by atoms with Crippen LogP contribution in [0.1, 0.15) is 66.1 Å². The van der Waals surface area contributed by atoms with Crippen LogP contribution in [0, 0.1) is 25.2 Å². The van der Waals surface area contributed by atoms with Crippen molar-refractivity contribution in [3.05, 3.63) is 29.0 Å². The average Bonchev–Trinajstić information content (AvgIpc) is 3.12. The number of rotatable bonds is 4. The van der Waals surface area contributed by atoms with Gasteiger partial charge in [-0.3, -0.25) is 4.79 Å². The molecule has 0 aliphatic carbocycles. The van der Waals surface area contributed by atoms with E-state index >= 15 is 0 Å². The molecule has 2 aromatic rings. The van der Waals surface area contributed by atoms with Crippen molar-refractivity contribution in [1.29, 1.82) is 5.26 Å². The van der Waals surface area contributed by atoms with Gasteiger partial charge >= 0.3 is 0 Å². The topological polar surface area (TPSA) is 111 Å². The molecule has 198 valence electrons. The van der Waals surface area contributed by atoms with E-state index in [9.17, 15) is 27.6 Å². The summed E-state index contributed by atoms with van der Waals surface area (Å²) in [6, 6.07) is 2.00. The highest BCUT2D eigenvalue weighted by Gasteiger charge is 2.35. The predicted molar refractivity (Wildman–Crippen MR) is 128 cm³/mol. The summed E-state index contributed by atoms with van der Waals surface area (Å²) in [6.45, 7) is 3.81. The molecule has 1 N–H and O–H groups in total. The van der Waals surface area contributed by atoms with Crippen molar-refractivity contribution < 1.29 is 22.4 Å². The molecule has 13 heteroatoms. The van der Waals surface area contributed by atoms with Gasteiger partial charge in [-0.25, -0.2) is 37.5 Å². The summed E-state index contributed by atoms with van der Waals surface area (Å²) < 4.78 is 55.7. The standard InChI is InChI=1S/C24H28F4N8O/c1-15-30-14-18(21(32-15)36-10-4-6-24(27,28)8-12-36)22(37)34-19-17(13-29)20(33-16(2)31-19)35-9-3-5-23(25,26)7-11-35/h14H,3-12H2,1-2H3,(H,31,33,34,37). The first kappa shape index (κ1) is 26.5. The zero-order chi connectivity index (χ0) is 26.8. The fourth-order valence-electron chi connectivity index (χ4n) is 4.57. The maximum Gasteiger partial charge on any atom is 0.262 e. The van der Waals surface area contributed by atoms with E-state index in [4.69, 9.17) is 0 Å². The van der Waals surface area contributed by atoms with Crippen molar-refractivity contribution in [2.45, 2.75) is 64.2 Å². The Balaban J connectivity index is 1.64. The molecule has 9 nitrogen and oxygen atoms in total. The summed E-state index contributed by atoms with van der Waals surface area (Å²) in [5.74, 6) is -5.30. The Hall–Kier alpha value is -3.56. The van der Waals surface area contributed by atoms with Crippen LogP contribution < -0.4 is 15.1 Å². The largest absolute Gasteiger partial charge is 0.356 e. The van der Waals surface area contributed by atoms with Crippen molar-refractivity contribution in [2.24, 2.45) is 0 Å². The maximum absolute atomic E-state index is 13.9. The molecule has 0 aromatic carbocycles. The van der Waals surface area contributed by atoms with Gasteiger partial charge < -0.3 is 15.1 Å². The van der Waals surface area contributed by atoms with Gasteiger partial charge in [-0.2, -0.15) is 5.26 Å². The summed E-state index contributed by atoms with van der Waals surface area (Å²) in [5, 5.41) is 12.5. The molecule has 0 atom stereocenters. The van der Waals surface area contributed by atoms with Crippen LogP contribution in [-0.4, -0.2) is 63.9 Å². The summed E-state index contributed by atoms with van der Waals surface area (Å²) in [4.78, 5) is 33.6. The molecule has 2 aliphatic heterocycles. The normalized spacial score (nSPS) is 19.5. The minimum absolute atomic E-state index is 0.00106. The smallest absolute Gasteiger partial charge is 0.262 e. The number of aryl methyl sites for hydroxylation is 2. The van der Waals surface area contributed by atoms with E-state index in [-0.39, 0.29) is 92.6 Å². The number of anilines is 3. The third kappa shape index (κ3) is 6.23. The highest BCUT2D eigenvalue weighted by atomic mass is 19.3. The molecular formula is C24H28F4N8O. The summed E-state index contributed by atoms with van der Waals surface area (Å²) >= 11 is 0. The first-order valence-electron chi connectivity index (χ1n) is 12.2. The van der Waals surface area contributed by atoms with Gasteiger partial charge in [0.05, 0.1) is 0 Å². The lowest BCUT2D eigenvalue weighted by molar-refractivity contribution is -0.0108. The van der Waals surface area contributed by atoms with Crippen LogP contribution in [0.15, 0.2) is 6.20 Å². The van der Waals surface area contributed by atoms with Gasteiger partial charge in [0.15, 0.2) is 11.6 Å². The molecule has 1 amide bonds. The third-order valence-corrected chi connectivity index (χ3v) is 6.51. The quantitative estimate of drug-likeness (QED) is 0.596. The Morgan fingerprint density at radius 2 is 1.46 bits per heavy atom. The number of nitriles is 1. The Morgan fingerprint density at radius 1 is 0.892 bits per heavy atom. The van der Waals surface area contributed by atoms with E-state index < -0.39 is 17.8 Å². The number of alkyl halides is 4. The Labute approximate surface area is 211 Å². The molecule has 0 radical (unpaired) electrons. The Kier molecular flexibility index (Phi) is 7.47. The van der Waals surface area contributed by atoms with E-state index in [1.165, 1.54) is 6.20 Å². The molecule has 37 heavy (non-hydrogen) atoms. The molecule has 2 aliphatic rings. The van der Waals surface area contributed by atoms with Crippen LogP contribution in [0.3, 0.4) is 0 Å². The summed E-state index contributed by atoms with van der Waals surface area (Å²) in [7, 11) is 0. The second kappa shape index (κ2) is 10.4. The van der Waals surface area contributed by atoms with Gasteiger partial charge in [0.1, 0.15) is 34.7 Å². The Bertz CT molecular complexity index is 1220. The van der Waals surface area contributed by atoms with Crippen molar-refractivity contribution in [3.63, 3.8) is 0 Å². The molecule has 0 unspecified atom stereocenters. The monoisotopic (exact) mass is 520 g/mol. The number of carbonyl (C=O) groups excluding carboxylic acids is 1. The first-order chi connectivity index (χ1) is 17.5. The van der Waals surface area contributed by atoms with Crippen molar-refractivity contribution in [1.82, 2.24) is 19.9 Å². The fraction of sp³-hybridized carbons (Fsp3) is 0.583. The zero-order valence-electron chi connectivity index (χ0n) is 20.7. The minimum Gasteiger partial charge on any atom is -0.356 e. The molecule has 0 saturated carbocycles. The summed E-state index contributed by atoms with van der Waals surface area (Å²) in [5.41, 5.74) is 0.0000899. The van der Waals surface area contributed by atoms with Gasteiger partial charge in [-0.15, -0.1) is 0 Å². The zero-order valence-corrected chi connectivity index (χ0v) is 20.7. The van der Waals surface area contributed by atoms with Crippen LogP contribution in [0.2, 0.25) is 0 Å². The van der Waals surface area contributed by atoms with Crippen LogP contribution in [-0.2, 0) is 0 Å². The lowest BCUT2D eigenvalue weighted by Crippen LogP contribution is -2.30. The SMILES string of the molecule is Cc1ncc(C(=O)Nc2nc(C)nc(N3CCCC(F)(F)CC3)c2C#N)c(N2CCCC(F)(F)CC2)n1. The predicted octanol–water partition coefficient (Wildman–Crippen LogP) is 4.26. The summed E-state index contributed by atoms with van der Waals surface area (Å²) in [6.07, 6.45) is 0.541. The van der Waals surface area contributed by atoms with Gasteiger partial charge in [0, 0.05) is 58.1 Å². The fourth-order valence-corrected chi connectivity index (χ4v) is 4.57. The molecule has 4 rings (SSSR count). The van der Waals surface area contributed by atoms with E-state index in [1.54, 1.807) is 23.6 Å². The minimum atomic E-state index is -2.79. The van der Waals surface area contributed by atoms with Gasteiger partial charge in [0.25, 0.3) is 5.91 Å². The molecule has 0 spiro atoms. The molecule has 2 saturated heterocycles. The average molecular weight is 521 g/mol. The number of halogens is 4. The molecule has 2 aromatic heterocycles. The number of nitrogens with zero attached hydrogens (tertiary/aromatic N) is 7. The van der Waals surface area contributed by atoms with Crippen LogP contribution in [0.5, 0.6) is 0 Å². The van der Waals surface area contributed by atoms with Gasteiger partial charge in [-0.05, 0) is 26.7 Å². The number of nitrogens with one attached hydrogen (secondary N) is 1. The van der Waals surface area contributed by atoms with Crippen molar-refractivity contribution >= 4 is 23.4 Å². The highest BCUT2D eigenvalue weighted by Crippen LogP contribution is 2.33. The van der Waals surface area contributed by atoms with E-state index in [0.717, 1.165) is 0 Å². The van der Waals surface area contributed by atoms with E-state index in [2.05, 4.69) is 25.3 Å². The van der Waals surface area contributed by atoms with Crippen LogP contribution in [0.25, 0.3) is 0 Å². The van der Waals surface area contributed by atoms with Crippen LogP contribution >= 0.6 is 0 Å². The lowest BCUT2D eigenvalue weighted by Gasteiger charge is -2.25. The highest BCUT2D eigenvalue weighted by molar-refractivity contribution is 6.07. The molecule has 4 heterocycles. The second-order valence-corrected chi connectivity index (χ2v) is 9.43. The van der Waals surface area contributed by atoms with Crippen LogP contribution in [0.4, 0.5) is 35.0 Å². The van der Waals surface area contributed by atoms with Crippen molar-refractivity contribution in [3.8, 4) is 6.07 Å². The molecule has 2 fully saturated rings. The number of hydrogen-bond donors (Lipinski definition) is 1. The number of aromatic nitrogens is 4. The number of amides is 1. The maximum atomic E-state index is 13.9. The van der Waals surface area contributed by atoms with E-state index in [0.29, 0.717) is 12.4 Å². The third-order valence-electron chi connectivity index (χ3n) is 6.51. The Morgan fingerprint density at radius 3 is 2.05 bits per heavy atom. The number of hydrogen-bond acceptors (Lipinski definition) is 8. The van der Waals surface area contributed by atoms with Gasteiger partial charge in [0.2, 0.25) is 11.8 Å². The van der Waals surface area contributed by atoms with Gasteiger partial charge in [-0.1, -0.05) is 0 Å². The number of carbonyl (C=O) groups is 1. The molecule has 0 bridgehead atoms. The lowest BCUT2D eigenvalue weighted by atomic mass is 10.1. The molecular weight excluding hydrogens is 492 g/mol.